The molecular formula is C14H17NO4. The Bertz CT molecular complexity index is 486. The summed E-state index contributed by atoms with van der Waals surface area (Å²) in [5, 5.41) is 11.7. The quantitative estimate of drug-likeness (QED) is 0.861. The van der Waals surface area contributed by atoms with Crippen LogP contribution in [-0.4, -0.2) is 29.7 Å². The molecule has 5 heteroatoms. The van der Waals surface area contributed by atoms with E-state index in [1.165, 1.54) is 6.07 Å². The van der Waals surface area contributed by atoms with Crippen LogP contribution in [0.25, 0.3) is 0 Å². The third kappa shape index (κ3) is 3.32. The van der Waals surface area contributed by atoms with Gasteiger partial charge in [-0.25, -0.2) is 4.79 Å². The summed E-state index contributed by atoms with van der Waals surface area (Å²) >= 11 is 0. The number of carboxylic acids is 1. The number of amides is 1. The molecule has 1 saturated heterocycles. The van der Waals surface area contributed by atoms with Gasteiger partial charge in [0.25, 0.3) is 0 Å². The normalized spacial score (nSPS) is 22.2. The molecule has 1 heterocycles. The van der Waals surface area contributed by atoms with Gasteiger partial charge in [0.1, 0.15) is 0 Å². The van der Waals surface area contributed by atoms with Crippen LogP contribution >= 0.6 is 0 Å². The average Bonchev–Trinajstić information content (AvgIpc) is 2.82. The van der Waals surface area contributed by atoms with Crippen LogP contribution in [-0.2, 0) is 16.1 Å². The van der Waals surface area contributed by atoms with Crippen LogP contribution in [0.5, 0.6) is 0 Å². The first-order valence-corrected chi connectivity index (χ1v) is 6.29. The number of hydrogen-bond acceptors (Lipinski definition) is 3. The molecule has 0 aliphatic carbocycles. The summed E-state index contributed by atoms with van der Waals surface area (Å²) in [4.78, 5) is 22.8. The van der Waals surface area contributed by atoms with Gasteiger partial charge in [-0.05, 0) is 31.0 Å². The second kappa shape index (κ2) is 5.84. The number of nitrogens with one attached hydrogen (secondary N) is 1. The molecule has 19 heavy (non-hydrogen) atoms. The molecule has 1 fully saturated rings. The molecule has 2 N–H and O–H groups in total. The van der Waals surface area contributed by atoms with E-state index in [9.17, 15) is 9.59 Å². The minimum Gasteiger partial charge on any atom is -0.478 e. The molecule has 1 aromatic carbocycles. The number of aromatic carboxylic acids is 1. The number of carboxylic acid groups (broad SMARTS) is 1. The summed E-state index contributed by atoms with van der Waals surface area (Å²) in [6.07, 6.45) is 0.688. The largest absolute Gasteiger partial charge is 0.478 e. The van der Waals surface area contributed by atoms with E-state index < -0.39 is 5.97 Å². The van der Waals surface area contributed by atoms with E-state index in [4.69, 9.17) is 9.84 Å². The Balaban J connectivity index is 1.93. The van der Waals surface area contributed by atoms with E-state index in [2.05, 4.69) is 5.32 Å². The molecule has 1 aliphatic heterocycles. The van der Waals surface area contributed by atoms with Crippen molar-refractivity contribution >= 4 is 11.9 Å². The molecule has 0 aromatic heterocycles. The number of rotatable bonds is 4. The first-order chi connectivity index (χ1) is 9.08. The molecule has 102 valence electrons. The van der Waals surface area contributed by atoms with Gasteiger partial charge in [-0.1, -0.05) is 12.1 Å². The van der Waals surface area contributed by atoms with Crippen molar-refractivity contribution in [1.82, 2.24) is 5.32 Å². The number of ether oxygens (including phenoxy) is 1. The highest BCUT2D eigenvalue weighted by Crippen LogP contribution is 2.20. The number of carbonyl (C=O) groups is 2. The van der Waals surface area contributed by atoms with E-state index >= 15 is 0 Å². The first-order valence-electron chi connectivity index (χ1n) is 6.29. The van der Waals surface area contributed by atoms with Gasteiger partial charge in [0.2, 0.25) is 5.91 Å². The first kappa shape index (κ1) is 13.5. The zero-order valence-electron chi connectivity index (χ0n) is 10.8. The highest BCUT2D eigenvalue weighted by Gasteiger charge is 2.30. The van der Waals surface area contributed by atoms with Gasteiger partial charge in [0.15, 0.2) is 0 Å². The molecule has 0 radical (unpaired) electrons. The third-order valence-corrected chi connectivity index (χ3v) is 3.35. The maximum absolute atomic E-state index is 11.9. The van der Waals surface area contributed by atoms with Crippen LogP contribution in [0, 0.1) is 5.92 Å². The van der Waals surface area contributed by atoms with Crippen molar-refractivity contribution in [2.75, 3.05) is 6.61 Å². The topological polar surface area (TPSA) is 75.6 Å². The zero-order valence-corrected chi connectivity index (χ0v) is 10.8. The van der Waals surface area contributed by atoms with Crippen molar-refractivity contribution < 1.29 is 19.4 Å². The molecule has 0 bridgehead atoms. The summed E-state index contributed by atoms with van der Waals surface area (Å²) in [5.74, 6) is -1.11. The van der Waals surface area contributed by atoms with Gasteiger partial charge in [0, 0.05) is 13.2 Å². The molecule has 0 saturated carbocycles. The number of carbonyl (C=O) groups excluding carboxylic acids is 1. The van der Waals surface area contributed by atoms with E-state index in [1.807, 2.05) is 6.92 Å². The standard InChI is InChI=1S/C14H17NO4/c1-9-12(5-6-19-9)13(16)15-8-10-3-2-4-11(7-10)14(17)18/h2-4,7,9,12H,5-6,8H2,1H3,(H,15,16)(H,17,18). The predicted molar refractivity (Wildman–Crippen MR) is 68.8 cm³/mol. The van der Waals surface area contributed by atoms with Crippen LogP contribution in [0.1, 0.15) is 29.3 Å². The summed E-state index contributed by atoms with van der Waals surface area (Å²) in [6.45, 7) is 2.85. The van der Waals surface area contributed by atoms with Crippen molar-refractivity contribution in [2.24, 2.45) is 5.92 Å². The Labute approximate surface area is 111 Å². The predicted octanol–water partition coefficient (Wildman–Crippen LogP) is 1.43. The van der Waals surface area contributed by atoms with E-state index in [-0.39, 0.29) is 23.5 Å². The lowest BCUT2D eigenvalue weighted by atomic mass is 10.0. The molecule has 2 atom stereocenters. The summed E-state index contributed by atoms with van der Waals surface area (Å²) in [5.41, 5.74) is 1.00. The molecule has 2 rings (SSSR count). The van der Waals surface area contributed by atoms with E-state index in [0.29, 0.717) is 13.2 Å². The molecule has 5 nitrogen and oxygen atoms in total. The summed E-state index contributed by atoms with van der Waals surface area (Å²) in [7, 11) is 0. The second-order valence-electron chi connectivity index (χ2n) is 4.69. The fourth-order valence-electron chi connectivity index (χ4n) is 2.21. The van der Waals surface area contributed by atoms with Crippen molar-refractivity contribution in [1.29, 1.82) is 0 Å². The maximum Gasteiger partial charge on any atom is 0.335 e. The Morgan fingerprint density at radius 3 is 2.89 bits per heavy atom. The van der Waals surface area contributed by atoms with Crippen LogP contribution < -0.4 is 5.32 Å². The highest BCUT2D eigenvalue weighted by molar-refractivity contribution is 5.87. The molecule has 0 spiro atoms. The van der Waals surface area contributed by atoms with E-state index in [0.717, 1.165) is 12.0 Å². The molecule has 1 aromatic rings. The number of hydrogen-bond donors (Lipinski definition) is 2. The fraction of sp³-hybridized carbons (Fsp3) is 0.429. The lowest BCUT2D eigenvalue weighted by Crippen LogP contribution is -2.33. The monoisotopic (exact) mass is 263 g/mol. The Morgan fingerprint density at radius 1 is 1.47 bits per heavy atom. The third-order valence-electron chi connectivity index (χ3n) is 3.35. The lowest BCUT2D eigenvalue weighted by Gasteiger charge is -2.14. The van der Waals surface area contributed by atoms with Crippen molar-refractivity contribution in [3.8, 4) is 0 Å². The van der Waals surface area contributed by atoms with Crippen molar-refractivity contribution in [3.05, 3.63) is 35.4 Å². The smallest absolute Gasteiger partial charge is 0.335 e. The van der Waals surface area contributed by atoms with Gasteiger partial charge < -0.3 is 15.2 Å². The van der Waals surface area contributed by atoms with Crippen molar-refractivity contribution in [2.45, 2.75) is 26.0 Å². The van der Waals surface area contributed by atoms with Gasteiger partial charge in [0.05, 0.1) is 17.6 Å². The maximum atomic E-state index is 11.9. The number of benzene rings is 1. The molecule has 2 unspecified atom stereocenters. The fourth-order valence-corrected chi connectivity index (χ4v) is 2.21. The van der Waals surface area contributed by atoms with Gasteiger partial charge in [-0.3, -0.25) is 4.79 Å². The minimum absolute atomic E-state index is 0.0364. The Morgan fingerprint density at radius 2 is 2.26 bits per heavy atom. The van der Waals surface area contributed by atoms with Crippen molar-refractivity contribution in [3.63, 3.8) is 0 Å². The van der Waals surface area contributed by atoms with Gasteiger partial charge in [-0.15, -0.1) is 0 Å². The Kier molecular flexibility index (Phi) is 4.16. The molecular weight excluding hydrogens is 246 g/mol. The van der Waals surface area contributed by atoms with Crippen LogP contribution in [0.4, 0.5) is 0 Å². The minimum atomic E-state index is -0.967. The zero-order chi connectivity index (χ0) is 13.8. The van der Waals surface area contributed by atoms with Gasteiger partial charge >= 0.3 is 5.97 Å². The second-order valence-corrected chi connectivity index (χ2v) is 4.69. The average molecular weight is 263 g/mol. The summed E-state index contributed by atoms with van der Waals surface area (Å²) < 4.78 is 5.35. The van der Waals surface area contributed by atoms with E-state index in [1.54, 1.807) is 18.2 Å². The lowest BCUT2D eigenvalue weighted by molar-refractivity contribution is -0.126. The van der Waals surface area contributed by atoms with Crippen LogP contribution in [0.3, 0.4) is 0 Å². The van der Waals surface area contributed by atoms with Crippen LogP contribution in [0.15, 0.2) is 24.3 Å². The summed E-state index contributed by atoms with van der Waals surface area (Å²) in [6, 6.07) is 6.56. The van der Waals surface area contributed by atoms with Gasteiger partial charge in [-0.2, -0.15) is 0 Å². The molecule has 1 amide bonds. The highest BCUT2D eigenvalue weighted by atomic mass is 16.5. The SMILES string of the molecule is CC1OCCC1C(=O)NCc1cccc(C(=O)O)c1. The molecule has 1 aliphatic rings. The van der Waals surface area contributed by atoms with Crippen LogP contribution in [0.2, 0.25) is 0 Å². The Hall–Kier alpha value is -1.88.